The molecule has 0 saturated carbocycles. The van der Waals surface area contributed by atoms with E-state index in [1.807, 2.05) is 25.9 Å². The van der Waals surface area contributed by atoms with Gasteiger partial charge in [0.25, 0.3) is 5.56 Å². The molecule has 0 amide bonds. The van der Waals surface area contributed by atoms with E-state index in [9.17, 15) is 9.59 Å². The molecule has 0 unspecified atom stereocenters. The number of hydrogen-bond donors (Lipinski definition) is 0. The van der Waals surface area contributed by atoms with Gasteiger partial charge < -0.3 is 4.90 Å². The maximum atomic E-state index is 12.5. The Morgan fingerprint density at radius 2 is 1.68 bits per heavy atom. The number of aryl methyl sites for hydroxylation is 2. The maximum absolute atomic E-state index is 12.5. The van der Waals surface area contributed by atoms with E-state index in [-0.39, 0.29) is 11.2 Å². The van der Waals surface area contributed by atoms with Crippen molar-refractivity contribution in [3.05, 3.63) is 20.8 Å². The second-order valence-corrected chi connectivity index (χ2v) is 4.62. The van der Waals surface area contributed by atoms with Crippen molar-refractivity contribution in [3.63, 3.8) is 0 Å². The summed E-state index contributed by atoms with van der Waals surface area (Å²) < 4.78 is 4.42. The van der Waals surface area contributed by atoms with Crippen LogP contribution in [0.3, 0.4) is 0 Å². The minimum atomic E-state index is -0.300. The van der Waals surface area contributed by atoms with E-state index in [1.54, 1.807) is 18.7 Å². The number of nitrogens with zero attached hydrogens (tertiary/aromatic N) is 5. The molecule has 0 bridgehead atoms. The molecule has 0 spiro atoms. The summed E-state index contributed by atoms with van der Waals surface area (Å²) in [4.78, 5) is 26.5. The Labute approximate surface area is 110 Å². The van der Waals surface area contributed by atoms with Gasteiger partial charge in [0.05, 0.1) is 0 Å². The van der Waals surface area contributed by atoms with E-state index in [0.29, 0.717) is 29.9 Å². The third-order valence-corrected chi connectivity index (χ3v) is 3.23. The highest BCUT2D eigenvalue weighted by molar-refractivity contribution is 5.87. The predicted octanol–water partition coefficient (Wildman–Crippen LogP) is 0.00250. The highest BCUT2D eigenvalue weighted by Gasteiger charge is 2.20. The second-order valence-electron chi connectivity index (χ2n) is 4.62. The van der Waals surface area contributed by atoms with Gasteiger partial charge in [-0.15, -0.1) is 0 Å². The summed E-state index contributed by atoms with van der Waals surface area (Å²) >= 11 is 0. The molecule has 0 atom stereocenters. The smallest absolute Gasteiger partial charge is 0.332 e. The molecule has 0 saturated heterocycles. The Morgan fingerprint density at radius 3 is 2.16 bits per heavy atom. The Morgan fingerprint density at radius 1 is 1.11 bits per heavy atom. The van der Waals surface area contributed by atoms with Gasteiger partial charge in [-0.1, -0.05) is 0 Å². The summed E-state index contributed by atoms with van der Waals surface area (Å²) in [6, 6.07) is 0. The Balaban J connectivity index is 3.10. The van der Waals surface area contributed by atoms with Crippen LogP contribution in [0.2, 0.25) is 0 Å². The zero-order valence-corrected chi connectivity index (χ0v) is 12.0. The van der Waals surface area contributed by atoms with E-state index in [4.69, 9.17) is 0 Å². The first-order valence-electron chi connectivity index (χ1n) is 6.31. The van der Waals surface area contributed by atoms with E-state index in [0.717, 1.165) is 0 Å². The van der Waals surface area contributed by atoms with Crippen LogP contribution in [0.15, 0.2) is 9.59 Å². The van der Waals surface area contributed by atoms with Crippen LogP contribution in [0.5, 0.6) is 0 Å². The lowest BCUT2D eigenvalue weighted by Crippen LogP contribution is -2.39. The molecule has 19 heavy (non-hydrogen) atoms. The van der Waals surface area contributed by atoms with Crippen LogP contribution in [-0.2, 0) is 20.1 Å². The van der Waals surface area contributed by atoms with Crippen molar-refractivity contribution in [1.29, 1.82) is 0 Å². The molecule has 0 aliphatic heterocycles. The summed E-state index contributed by atoms with van der Waals surface area (Å²) in [5, 5.41) is 4.82. The number of hydrogen-bond acceptors (Lipinski definition) is 4. The SMILES string of the molecule is CCn1c(=O)c2c(N(C)C)n(C)nc2n(CC)c1=O. The van der Waals surface area contributed by atoms with Gasteiger partial charge in [-0.2, -0.15) is 5.10 Å². The average Bonchev–Trinajstić information content (AvgIpc) is 2.68. The van der Waals surface area contributed by atoms with Crippen LogP contribution < -0.4 is 16.1 Å². The molecule has 7 heteroatoms. The zero-order chi connectivity index (χ0) is 14.3. The van der Waals surface area contributed by atoms with Crippen molar-refractivity contribution in [2.24, 2.45) is 7.05 Å². The number of fused-ring (bicyclic) bond motifs is 1. The van der Waals surface area contributed by atoms with Crippen LogP contribution in [-0.4, -0.2) is 33.0 Å². The first kappa shape index (κ1) is 13.4. The number of rotatable bonds is 3. The van der Waals surface area contributed by atoms with Gasteiger partial charge in [0.1, 0.15) is 11.2 Å². The molecule has 104 valence electrons. The Bertz CT molecular complexity index is 735. The topological polar surface area (TPSA) is 65.1 Å². The molecule has 7 nitrogen and oxygen atoms in total. The molecular weight excluding hydrogens is 246 g/mol. The van der Waals surface area contributed by atoms with E-state index < -0.39 is 0 Å². The number of anilines is 1. The van der Waals surface area contributed by atoms with Gasteiger partial charge in [0.15, 0.2) is 5.65 Å². The highest BCUT2D eigenvalue weighted by Crippen LogP contribution is 2.20. The fourth-order valence-corrected chi connectivity index (χ4v) is 2.42. The fraction of sp³-hybridized carbons (Fsp3) is 0.583. The van der Waals surface area contributed by atoms with E-state index >= 15 is 0 Å². The molecule has 0 aliphatic carbocycles. The van der Waals surface area contributed by atoms with Gasteiger partial charge >= 0.3 is 5.69 Å². The van der Waals surface area contributed by atoms with Crippen molar-refractivity contribution < 1.29 is 0 Å². The van der Waals surface area contributed by atoms with Crippen molar-refractivity contribution >= 4 is 16.9 Å². The molecule has 0 radical (unpaired) electrons. The van der Waals surface area contributed by atoms with Crippen LogP contribution >= 0.6 is 0 Å². The van der Waals surface area contributed by atoms with Gasteiger partial charge in [-0.3, -0.25) is 13.9 Å². The molecule has 2 aromatic heterocycles. The van der Waals surface area contributed by atoms with Crippen molar-refractivity contribution in [2.45, 2.75) is 26.9 Å². The van der Waals surface area contributed by atoms with E-state index in [2.05, 4.69) is 5.10 Å². The van der Waals surface area contributed by atoms with Gasteiger partial charge in [-0.25, -0.2) is 9.48 Å². The van der Waals surface area contributed by atoms with Gasteiger partial charge in [-0.05, 0) is 13.8 Å². The quantitative estimate of drug-likeness (QED) is 0.783. The largest absolute Gasteiger partial charge is 0.362 e. The summed E-state index contributed by atoms with van der Waals surface area (Å²) in [6.45, 7) is 4.50. The summed E-state index contributed by atoms with van der Waals surface area (Å²) in [6.07, 6.45) is 0. The van der Waals surface area contributed by atoms with Crippen molar-refractivity contribution in [3.8, 4) is 0 Å². The van der Waals surface area contributed by atoms with Crippen LogP contribution in [0.4, 0.5) is 5.82 Å². The molecule has 0 fully saturated rings. The normalized spacial score (nSPS) is 11.2. The maximum Gasteiger partial charge on any atom is 0.332 e. The molecule has 2 rings (SSSR count). The predicted molar refractivity (Wildman–Crippen MR) is 74.9 cm³/mol. The molecule has 2 heterocycles. The Hall–Kier alpha value is -2.05. The third-order valence-electron chi connectivity index (χ3n) is 3.23. The fourth-order valence-electron chi connectivity index (χ4n) is 2.42. The first-order valence-corrected chi connectivity index (χ1v) is 6.31. The third kappa shape index (κ3) is 1.76. The first-order chi connectivity index (χ1) is 8.93. The van der Waals surface area contributed by atoms with Crippen LogP contribution in [0.25, 0.3) is 11.0 Å². The highest BCUT2D eigenvalue weighted by atomic mass is 16.2. The zero-order valence-electron chi connectivity index (χ0n) is 12.0. The van der Waals surface area contributed by atoms with Gasteiger partial charge in [0, 0.05) is 34.2 Å². The molecular formula is C12H19N5O2. The Kier molecular flexibility index (Phi) is 3.21. The van der Waals surface area contributed by atoms with Crippen molar-refractivity contribution in [2.75, 3.05) is 19.0 Å². The van der Waals surface area contributed by atoms with Gasteiger partial charge in [0.2, 0.25) is 0 Å². The second kappa shape index (κ2) is 4.56. The monoisotopic (exact) mass is 265 g/mol. The lowest BCUT2D eigenvalue weighted by molar-refractivity contribution is 0.603. The summed E-state index contributed by atoms with van der Waals surface area (Å²) in [5.74, 6) is 0.712. The van der Waals surface area contributed by atoms with E-state index in [1.165, 1.54) is 9.13 Å². The standard InChI is InChI=1S/C12H19N5O2/c1-6-16-9-8(10(14(3)4)15(5)13-9)11(18)17(7-2)12(16)19/h6-7H2,1-5H3. The molecule has 0 aliphatic rings. The van der Waals surface area contributed by atoms with Crippen molar-refractivity contribution in [1.82, 2.24) is 18.9 Å². The molecule has 0 N–H and O–H groups in total. The average molecular weight is 265 g/mol. The molecule has 2 aromatic rings. The lowest BCUT2D eigenvalue weighted by Gasteiger charge is -2.13. The summed E-state index contributed by atoms with van der Waals surface area (Å²) in [5.41, 5.74) is -0.122. The molecule has 0 aromatic carbocycles. The van der Waals surface area contributed by atoms with Crippen LogP contribution in [0, 0.1) is 0 Å². The van der Waals surface area contributed by atoms with Crippen LogP contribution in [0.1, 0.15) is 13.8 Å². The summed E-state index contributed by atoms with van der Waals surface area (Å²) in [7, 11) is 5.48. The minimum absolute atomic E-state index is 0.274. The minimum Gasteiger partial charge on any atom is -0.362 e. The number of aromatic nitrogens is 4. The lowest BCUT2D eigenvalue weighted by atomic mass is 10.3.